The van der Waals surface area contributed by atoms with Gasteiger partial charge in [0.05, 0.1) is 11.0 Å². The van der Waals surface area contributed by atoms with Crippen molar-refractivity contribution in [2.75, 3.05) is 0 Å². The van der Waals surface area contributed by atoms with Gasteiger partial charge >= 0.3 is 0 Å². The molecule has 0 bridgehead atoms. The van der Waals surface area contributed by atoms with Crippen LogP contribution >= 0.6 is 11.3 Å². The first-order valence-corrected chi connectivity index (χ1v) is 17.5. The Morgan fingerprint density at radius 1 is 0.420 bits per heavy atom. The standard InChI is InChI=1S/C44H25N5S/c1-2-11-27(12-3-1)42-46-43(48-44(47-42)29-19-22-37-34(24-29)31-14-6-7-15-36(31)50-37)28-18-20-32-35(25-28)39-30-13-5-4-10-26(30)17-21-33(39)40-41(32)49-23-9-8-16-38(49)45-40/h1-25H. The van der Waals surface area contributed by atoms with E-state index in [9.17, 15) is 0 Å². The molecule has 232 valence electrons. The highest BCUT2D eigenvalue weighted by Gasteiger charge is 2.19. The second kappa shape index (κ2) is 10.5. The summed E-state index contributed by atoms with van der Waals surface area (Å²) in [6.45, 7) is 0. The molecule has 0 saturated carbocycles. The lowest BCUT2D eigenvalue weighted by Gasteiger charge is -2.13. The predicted octanol–water partition coefficient (Wildman–Crippen LogP) is 11.5. The van der Waals surface area contributed by atoms with Gasteiger partial charge in [-0.2, -0.15) is 0 Å². The lowest BCUT2D eigenvalue weighted by atomic mass is 9.93. The van der Waals surface area contributed by atoms with Crippen LogP contribution in [0.15, 0.2) is 152 Å². The van der Waals surface area contributed by atoms with Crippen LogP contribution in [0.25, 0.3) is 103 Å². The second-order valence-corrected chi connectivity index (χ2v) is 13.8. The van der Waals surface area contributed by atoms with Crippen molar-refractivity contribution >= 4 is 80.5 Å². The van der Waals surface area contributed by atoms with Crippen molar-refractivity contribution in [3.8, 4) is 34.2 Å². The van der Waals surface area contributed by atoms with Crippen molar-refractivity contribution in [1.82, 2.24) is 24.3 Å². The fraction of sp³-hybridized carbons (Fsp3) is 0. The van der Waals surface area contributed by atoms with Gasteiger partial charge in [-0.1, -0.05) is 103 Å². The van der Waals surface area contributed by atoms with Crippen molar-refractivity contribution in [1.29, 1.82) is 0 Å². The third-order valence-electron chi connectivity index (χ3n) is 9.82. The summed E-state index contributed by atoms with van der Waals surface area (Å²) in [4.78, 5) is 20.5. The lowest BCUT2D eigenvalue weighted by Crippen LogP contribution is -2.00. The van der Waals surface area contributed by atoms with E-state index in [1.54, 1.807) is 0 Å². The molecule has 50 heavy (non-hydrogen) atoms. The van der Waals surface area contributed by atoms with Gasteiger partial charge in [-0.25, -0.2) is 19.9 Å². The first-order valence-electron chi connectivity index (χ1n) is 16.6. The average Bonchev–Trinajstić information content (AvgIpc) is 3.76. The van der Waals surface area contributed by atoms with Gasteiger partial charge in [-0.05, 0) is 64.0 Å². The average molecular weight is 656 g/mol. The van der Waals surface area contributed by atoms with E-state index in [2.05, 4.69) is 132 Å². The number of fused-ring (bicyclic) bond motifs is 13. The van der Waals surface area contributed by atoms with Gasteiger partial charge in [0, 0.05) is 53.8 Å². The highest BCUT2D eigenvalue weighted by Crippen LogP contribution is 2.41. The van der Waals surface area contributed by atoms with Crippen molar-refractivity contribution in [2.45, 2.75) is 0 Å². The van der Waals surface area contributed by atoms with Crippen LogP contribution in [0, 0.1) is 0 Å². The SMILES string of the molecule is c1ccc(-c2nc(-c3ccc4sc5ccccc5c4c3)nc(-c3ccc4c(c3)c3c5ccccc5ccc3c3nc5ccccn5c43)n2)cc1. The van der Waals surface area contributed by atoms with Crippen molar-refractivity contribution in [2.24, 2.45) is 0 Å². The van der Waals surface area contributed by atoms with Crippen LogP contribution in [-0.2, 0) is 0 Å². The molecule has 4 heterocycles. The van der Waals surface area contributed by atoms with Crippen LogP contribution in [-0.4, -0.2) is 24.3 Å². The molecule has 0 fully saturated rings. The molecule has 0 unspecified atom stereocenters. The topological polar surface area (TPSA) is 56.0 Å². The lowest BCUT2D eigenvalue weighted by molar-refractivity contribution is 1.08. The summed E-state index contributed by atoms with van der Waals surface area (Å²) in [6, 6.07) is 51.1. The maximum absolute atomic E-state index is 5.19. The summed E-state index contributed by atoms with van der Waals surface area (Å²) < 4.78 is 4.72. The fourth-order valence-corrected chi connectivity index (χ4v) is 8.60. The minimum Gasteiger partial charge on any atom is -0.299 e. The van der Waals surface area contributed by atoms with Gasteiger partial charge in [0.25, 0.3) is 0 Å². The van der Waals surface area contributed by atoms with E-state index in [0.29, 0.717) is 17.5 Å². The van der Waals surface area contributed by atoms with Crippen LogP contribution < -0.4 is 0 Å². The maximum atomic E-state index is 5.19. The highest BCUT2D eigenvalue weighted by molar-refractivity contribution is 7.25. The molecule has 0 aliphatic heterocycles. The van der Waals surface area contributed by atoms with Gasteiger partial charge in [0.1, 0.15) is 5.65 Å². The van der Waals surface area contributed by atoms with Crippen LogP contribution in [0.1, 0.15) is 0 Å². The van der Waals surface area contributed by atoms with E-state index < -0.39 is 0 Å². The number of pyridine rings is 1. The molecular weight excluding hydrogens is 631 g/mol. The van der Waals surface area contributed by atoms with Crippen LogP contribution in [0.4, 0.5) is 0 Å². The third kappa shape index (κ3) is 4.06. The van der Waals surface area contributed by atoms with Crippen molar-refractivity contribution < 1.29 is 0 Å². The monoisotopic (exact) mass is 655 g/mol. The number of imidazole rings is 1. The molecule has 0 spiro atoms. The van der Waals surface area contributed by atoms with E-state index in [1.165, 1.54) is 36.3 Å². The summed E-state index contributed by atoms with van der Waals surface area (Å²) in [7, 11) is 0. The Morgan fingerprint density at radius 2 is 1.08 bits per heavy atom. The Balaban J connectivity index is 1.21. The Kier molecular flexibility index (Phi) is 5.76. The largest absolute Gasteiger partial charge is 0.299 e. The quantitative estimate of drug-likeness (QED) is 0.178. The molecule has 0 aliphatic carbocycles. The van der Waals surface area contributed by atoms with E-state index in [0.717, 1.165) is 49.5 Å². The molecule has 11 aromatic rings. The van der Waals surface area contributed by atoms with Crippen LogP contribution in [0.3, 0.4) is 0 Å². The maximum Gasteiger partial charge on any atom is 0.164 e. The zero-order chi connectivity index (χ0) is 32.8. The van der Waals surface area contributed by atoms with Gasteiger partial charge in [0.2, 0.25) is 0 Å². The Hall–Kier alpha value is -6.50. The number of nitrogens with zero attached hydrogens (tertiary/aromatic N) is 5. The molecule has 0 atom stereocenters. The molecule has 0 aliphatic rings. The van der Waals surface area contributed by atoms with Gasteiger partial charge in [-0.3, -0.25) is 4.40 Å². The molecule has 0 radical (unpaired) electrons. The van der Waals surface area contributed by atoms with E-state index in [-0.39, 0.29) is 0 Å². The molecule has 0 amide bonds. The van der Waals surface area contributed by atoms with Gasteiger partial charge in [-0.15, -0.1) is 11.3 Å². The van der Waals surface area contributed by atoms with Crippen LogP contribution in [0.5, 0.6) is 0 Å². The summed E-state index contributed by atoms with van der Waals surface area (Å²) >= 11 is 1.81. The Bertz CT molecular complexity index is 3160. The number of hydrogen-bond donors (Lipinski definition) is 0. The first kappa shape index (κ1) is 27.5. The molecule has 0 saturated heterocycles. The molecule has 7 aromatic carbocycles. The molecule has 6 heteroatoms. The minimum atomic E-state index is 0.637. The number of hydrogen-bond acceptors (Lipinski definition) is 5. The predicted molar refractivity (Wildman–Crippen MR) is 208 cm³/mol. The highest BCUT2D eigenvalue weighted by atomic mass is 32.1. The third-order valence-corrected chi connectivity index (χ3v) is 11.0. The second-order valence-electron chi connectivity index (χ2n) is 12.7. The van der Waals surface area contributed by atoms with Gasteiger partial charge in [0.15, 0.2) is 17.5 Å². The Labute approximate surface area is 289 Å². The normalized spacial score (nSPS) is 12.0. The molecule has 11 rings (SSSR count). The molecule has 4 aromatic heterocycles. The van der Waals surface area contributed by atoms with Crippen molar-refractivity contribution in [3.63, 3.8) is 0 Å². The zero-order valence-electron chi connectivity index (χ0n) is 26.6. The fourth-order valence-electron chi connectivity index (χ4n) is 7.51. The number of benzene rings is 7. The summed E-state index contributed by atoms with van der Waals surface area (Å²) in [5.74, 6) is 1.94. The molecular formula is C44H25N5S. The number of rotatable bonds is 3. The molecule has 5 nitrogen and oxygen atoms in total. The zero-order valence-corrected chi connectivity index (χ0v) is 27.4. The minimum absolute atomic E-state index is 0.637. The summed E-state index contributed by atoms with van der Waals surface area (Å²) in [5.41, 5.74) is 5.88. The van der Waals surface area contributed by atoms with E-state index >= 15 is 0 Å². The summed E-state index contributed by atoms with van der Waals surface area (Å²) in [6.07, 6.45) is 2.10. The number of thiophene rings is 1. The smallest absolute Gasteiger partial charge is 0.164 e. The van der Waals surface area contributed by atoms with Gasteiger partial charge < -0.3 is 0 Å². The van der Waals surface area contributed by atoms with Crippen molar-refractivity contribution in [3.05, 3.63) is 152 Å². The van der Waals surface area contributed by atoms with Crippen LogP contribution in [0.2, 0.25) is 0 Å². The van der Waals surface area contributed by atoms with E-state index in [4.69, 9.17) is 19.9 Å². The molecule has 0 N–H and O–H groups in total. The first-order chi connectivity index (χ1) is 24.8. The summed E-state index contributed by atoms with van der Waals surface area (Å²) in [5, 5.41) is 9.45. The number of aromatic nitrogens is 5. The Morgan fingerprint density at radius 3 is 1.94 bits per heavy atom. The van der Waals surface area contributed by atoms with E-state index in [1.807, 2.05) is 35.6 Å².